The van der Waals surface area contributed by atoms with Gasteiger partial charge in [-0.2, -0.15) is 0 Å². The summed E-state index contributed by atoms with van der Waals surface area (Å²) in [6.07, 6.45) is 1.68. The van der Waals surface area contributed by atoms with Gasteiger partial charge in [-0.15, -0.1) is 11.8 Å². The zero-order valence-electron chi connectivity index (χ0n) is 14.5. The summed E-state index contributed by atoms with van der Waals surface area (Å²) in [6, 6.07) is 7.75. The van der Waals surface area contributed by atoms with Gasteiger partial charge in [0.2, 0.25) is 5.91 Å². The Kier molecular flexibility index (Phi) is 7.12. The van der Waals surface area contributed by atoms with Crippen LogP contribution < -0.4 is 11.1 Å². The number of piperidine rings is 1. The van der Waals surface area contributed by atoms with Crippen molar-refractivity contribution < 1.29 is 9.59 Å². The van der Waals surface area contributed by atoms with Crippen LogP contribution in [0.1, 0.15) is 37.0 Å². The van der Waals surface area contributed by atoms with Gasteiger partial charge in [-0.3, -0.25) is 9.59 Å². The first kappa shape index (κ1) is 18.8. The topological polar surface area (TPSA) is 75.4 Å². The summed E-state index contributed by atoms with van der Waals surface area (Å²) in [5, 5.41) is 3.34. The standard InChI is InChI=1S/C18H27N3O2S/c1-13(2)24-16-7-5-14(6-8-16)18(23)21-11-3-4-15(12-21)17(22)20-10-9-19/h5-8,13,15H,3-4,9-12,19H2,1-2H3,(H,20,22). The van der Waals surface area contributed by atoms with E-state index >= 15 is 0 Å². The van der Waals surface area contributed by atoms with Crippen LogP contribution >= 0.6 is 11.8 Å². The van der Waals surface area contributed by atoms with Crippen molar-refractivity contribution in [1.29, 1.82) is 0 Å². The number of nitrogens with one attached hydrogen (secondary N) is 1. The number of nitrogens with two attached hydrogens (primary N) is 1. The first-order valence-electron chi connectivity index (χ1n) is 8.55. The molecule has 1 aromatic carbocycles. The van der Waals surface area contributed by atoms with Crippen molar-refractivity contribution in [2.24, 2.45) is 11.7 Å². The Balaban J connectivity index is 1.97. The minimum atomic E-state index is -0.134. The molecule has 132 valence electrons. The van der Waals surface area contributed by atoms with E-state index in [0.29, 0.717) is 37.0 Å². The van der Waals surface area contributed by atoms with Gasteiger partial charge in [-0.05, 0) is 37.1 Å². The lowest BCUT2D eigenvalue weighted by Gasteiger charge is -2.32. The molecule has 5 nitrogen and oxygen atoms in total. The summed E-state index contributed by atoms with van der Waals surface area (Å²) in [7, 11) is 0. The first-order chi connectivity index (χ1) is 11.5. The van der Waals surface area contributed by atoms with Crippen LogP contribution in [-0.2, 0) is 4.79 Å². The monoisotopic (exact) mass is 349 g/mol. The maximum atomic E-state index is 12.7. The molecule has 1 aliphatic rings. The van der Waals surface area contributed by atoms with Crippen molar-refractivity contribution in [3.63, 3.8) is 0 Å². The number of carbonyl (C=O) groups excluding carboxylic acids is 2. The lowest BCUT2D eigenvalue weighted by molar-refractivity contribution is -0.126. The molecule has 0 spiro atoms. The molecule has 1 aromatic rings. The van der Waals surface area contributed by atoms with Crippen LogP contribution in [0.3, 0.4) is 0 Å². The van der Waals surface area contributed by atoms with Crippen LogP contribution in [0, 0.1) is 5.92 Å². The molecule has 6 heteroatoms. The summed E-state index contributed by atoms with van der Waals surface area (Å²) < 4.78 is 0. The first-order valence-corrected chi connectivity index (χ1v) is 9.43. The van der Waals surface area contributed by atoms with Gasteiger partial charge in [0.15, 0.2) is 0 Å². The second-order valence-corrected chi connectivity index (χ2v) is 8.01. The fraction of sp³-hybridized carbons (Fsp3) is 0.556. The molecule has 0 aliphatic carbocycles. The van der Waals surface area contributed by atoms with E-state index in [1.807, 2.05) is 24.3 Å². The highest BCUT2D eigenvalue weighted by atomic mass is 32.2. The van der Waals surface area contributed by atoms with E-state index < -0.39 is 0 Å². The molecule has 1 atom stereocenters. The molecule has 0 saturated carbocycles. The van der Waals surface area contributed by atoms with Crippen LogP contribution in [0.15, 0.2) is 29.2 Å². The van der Waals surface area contributed by atoms with Crippen LogP contribution in [0.25, 0.3) is 0 Å². The second-order valence-electron chi connectivity index (χ2n) is 6.36. The van der Waals surface area contributed by atoms with Gasteiger partial charge in [-0.1, -0.05) is 13.8 Å². The molecule has 2 amide bonds. The molecular formula is C18H27N3O2S. The van der Waals surface area contributed by atoms with E-state index in [0.717, 1.165) is 12.8 Å². The van der Waals surface area contributed by atoms with Crippen molar-refractivity contribution in [2.45, 2.75) is 36.8 Å². The molecular weight excluding hydrogens is 322 g/mol. The quantitative estimate of drug-likeness (QED) is 0.772. The molecule has 1 fully saturated rings. The Morgan fingerprint density at radius 3 is 2.67 bits per heavy atom. The van der Waals surface area contributed by atoms with Crippen LogP contribution in [0.2, 0.25) is 0 Å². The number of hydrogen-bond donors (Lipinski definition) is 2. The zero-order valence-corrected chi connectivity index (χ0v) is 15.3. The van der Waals surface area contributed by atoms with Gasteiger partial charge in [0.25, 0.3) is 5.91 Å². The van der Waals surface area contributed by atoms with Gasteiger partial charge in [0, 0.05) is 41.9 Å². The van der Waals surface area contributed by atoms with E-state index in [1.165, 1.54) is 4.90 Å². The van der Waals surface area contributed by atoms with Gasteiger partial charge >= 0.3 is 0 Å². The van der Waals surface area contributed by atoms with Crippen LogP contribution in [0.5, 0.6) is 0 Å². The molecule has 0 aromatic heterocycles. The molecule has 24 heavy (non-hydrogen) atoms. The summed E-state index contributed by atoms with van der Waals surface area (Å²) in [5.74, 6) is -0.126. The molecule has 1 unspecified atom stereocenters. The molecule has 1 aliphatic heterocycles. The van der Waals surface area contributed by atoms with Crippen molar-refractivity contribution in [3.8, 4) is 0 Å². The van der Waals surface area contributed by atoms with Crippen molar-refractivity contribution >= 4 is 23.6 Å². The maximum Gasteiger partial charge on any atom is 0.253 e. The fourth-order valence-electron chi connectivity index (χ4n) is 2.85. The third-order valence-electron chi connectivity index (χ3n) is 4.00. The maximum absolute atomic E-state index is 12.7. The number of hydrogen-bond acceptors (Lipinski definition) is 4. The molecule has 3 N–H and O–H groups in total. The summed E-state index contributed by atoms with van der Waals surface area (Å²) in [6.45, 7) is 6.40. The van der Waals surface area contributed by atoms with Crippen molar-refractivity contribution in [3.05, 3.63) is 29.8 Å². The molecule has 2 rings (SSSR count). The Morgan fingerprint density at radius 1 is 1.33 bits per heavy atom. The minimum absolute atomic E-state index is 0.00151. The van der Waals surface area contributed by atoms with Gasteiger partial charge < -0.3 is 16.0 Å². The number of thioether (sulfide) groups is 1. The van der Waals surface area contributed by atoms with E-state index in [9.17, 15) is 9.59 Å². The highest BCUT2D eigenvalue weighted by Crippen LogP contribution is 2.24. The summed E-state index contributed by atoms with van der Waals surface area (Å²) >= 11 is 1.78. The van der Waals surface area contributed by atoms with E-state index in [1.54, 1.807) is 16.7 Å². The van der Waals surface area contributed by atoms with E-state index in [2.05, 4.69) is 19.2 Å². The number of likely N-dealkylation sites (tertiary alicyclic amines) is 1. The minimum Gasteiger partial charge on any atom is -0.355 e. The van der Waals surface area contributed by atoms with Crippen LogP contribution in [-0.4, -0.2) is 48.1 Å². The predicted octanol–water partition coefficient (Wildman–Crippen LogP) is 2.11. The highest BCUT2D eigenvalue weighted by molar-refractivity contribution is 7.99. The third kappa shape index (κ3) is 5.24. The number of carbonyl (C=O) groups is 2. The fourth-order valence-corrected chi connectivity index (χ4v) is 3.68. The van der Waals surface area contributed by atoms with Crippen LogP contribution in [0.4, 0.5) is 0 Å². The number of amides is 2. The molecule has 1 heterocycles. The van der Waals surface area contributed by atoms with E-state index in [-0.39, 0.29) is 17.7 Å². The Hall–Kier alpha value is -1.53. The smallest absolute Gasteiger partial charge is 0.253 e. The van der Waals surface area contributed by atoms with Gasteiger partial charge in [-0.25, -0.2) is 0 Å². The lowest BCUT2D eigenvalue weighted by atomic mass is 9.96. The Morgan fingerprint density at radius 2 is 2.04 bits per heavy atom. The normalized spacial score (nSPS) is 17.8. The van der Waals surface area contributed by atoms with Crippen molar-refractivity contribution in [2.75, 3.05) is 26.2 Å². The molecule has 1 saturated heterocycles. The Bertz CT molecular complexity index is 560. The Labute approximate surface area is 148 Å². The van der Waals surface area contributed by atoms with Crippen molar-refractivity contribution in [1.82, 2.24) is 10.2 Å². The predicted molar refractivity (Wildman–Crippen MR) is 98.1 cm³/mol. The third-order valence-corrected chi connectivity index (χ3v) is 5.01. The second kappa shape index (κ2) is 9.08. The average Bonchev–Trinajstić information content (AvgIpc) is 2.59. The van der Waals surface area contributed by atoms with Gasteiger partial charge in [0.05, 0.1) is 5.92 Å². The summed E-state index contributed by atoms with van der Waals surface area (Å²) in [5.41, 5.74) is 6.11. The van der Waals surface area contributed by atoms with E-state index in [4.69, 9.17) is 5.73 Å². The number of benzene rings is 1. The highest BCUT2D eigenvalue weighted by Gasteiger charge is 2.28. The lowest BCUT2D eigenvalue weighted by Crippen LogP contribution is -2.46. The molecule has 0 radical (unpaired) electrons. The molecule has 0 bridgehead atoms. The SMILES string of the molecule is CC(C)Sc1ccc(C(=O)N2CCCC(C(=O)NCCN)C2)cc1. The number of rotatable bonds is 6. The number of nitrogens with zero attached hydrogens (tertiary/aromatic N) is 1. The summed E-state index contributed by atoms with van der Waals surface area (Å²) in [4.78, 5) is 27.7. The zero-order chi connectivity index (χ0) is 17.5. The largest absolute Gasteiger partial charge is 0.355 e. The van der Waals surface area contributed by atoms with Gasteiger partial charge in [0.1, 0.15) is 0 Å². The average molecular weight is 350 g/mol.